The highest BCUT2D eigenvalue weighted by atomic mass is 14.9. The zero-order chi connectivity index (χ0) is 11.5. The molecule has 2 heterocycles. The summed E-state index contributed by atoms with van der Waals surface area (Å²) in [6.45, 7) is 10.6. The minimum atomic E-state index is 0.167. The maximum atomic E-state index is 4.26. The second-order valence-electron chi connectivity index (χ2n) is 4.37. The first-order valence-corrected chi connectivity index (χ1v) is 5.51. The second kappa shape index (κ2) is 4.47. The van der Waals surface area contributed by atoms with Crippen molar-refractivity contribution >= 4 is 11.0 Å². The van der Waals surface area contributed by atoms with Crippen LogP contribution in [-0.2, 0) is 5.41 Å². The van der Waals surface area contributed by atoms with E-state index in [1.807, 2.05) is 26.1 Å². The van der Waals surface area contributed by atoms with Crippen molar-refractivity contribution < 1.29 is 0 Å². The molecule has 0 aliphatic heterocycles. The fourth-order valence-corrected chi connectivity index (χ4v) is 1.36. The molecule has 0 fully saturated rings. The third kappa shape index (κ3) is 2.58. The van der Waals surface area contributed by atoms with E-state index >= 15 is 0 Å². The molecule has 0 aromatic carbocycles. The van der Waals surface area contributed by atoms with Gasteiger partial charge < -0.3 is 4.98 Å². The van der Waals surface area contributed by atoms with E-state index < -0.39 is 0 Å². The Morgan fingerprint density at radius 2 is 1.87 bits per heavy atom. The van der Waals surface area contributed by atoms with Gasteiger partial charge in [-0.15, -0.1) is 0 Å². The summed E-state index contributed by atoms with van der Waals surface area (Å²) in [7, 11) is 0. The summed E-state index contributed by atoms with van der Waals surface area (Å²) in [5.41, 5.74) is 2.38. The van der Waals surface area contributed by atoms with Crippen LogP contribution in [0.1, 0.15) is 40.3 Å². The number of aromatic nitrogens is 2. The standard InChI is InChI=1S/C11H14N2.C2H6/c1-11(2,3)9-7-8-5-4-6-12-10(8)13-9;1-2/h4-7H,1-3H3,(H,12,13);1-2H3. The molecule has 0 atom stereocenters. The van der Waals surface area contributed by atoms with Crippen LogP contribution >= 0.6 is 0 Å². The van der Waals surface area contributed by atoms with E-state index in [2.05, 4.69) is 42.9 Å². The van der Waals surface area contributed by atoms with Crippen LogP contribution in [0.5, 0.6) is 0 Å². The molecule has 0 aliphatic carbocycles. The fraction of sp³-hybridized carbons (Fsp3) is 0.462. The third-order valence-electron chi connectivity index (χ3n) is 2.20. The molecule has 15 heavy (non-hydrogen) atoms. The average molecular weight is 204 g/mol. The number of nitrogens with zero attached hydrogens (tertiary/aromatic N) is 1. The second-order valence-corrected chi connectivity index (χ2v) is 4.37. The maximum Gasteiger partial charge on any atom is 0.137 e. The largest absolute Gasteiger partial charge is 0.343 e. The van der Waals surface area contributed by atoms with Gasteiger partial charge in [0.1, 0.15) is 5.65 Å². The Labute approximate surface area is 91.7 Å². The average Bonchev–Trinajstić information content (AvgIpc) is 2.63. The molecule has 0 radical (unpaired) electrons. The highest BCUT2D eigenvalue weighted by Gasteiger charge is 2.15. The maximum absolute atomic E-state index is 4.26. The Morgan fingerprint density at radius 3 is 2.40 bits per heavy atom. The van der Waals surface area contributed by atoms with Gasteiger partial charge in [-0.2, -0.15) is 0 Å². The van der Waals surface area contributed by atoms with Gasteiger partial charge in [-0.3, -0.25) is 0 Å². The predicted molar refractivity (Wildman–Crippen MR) is 66.1 cm³/mol. The Morgan fingerprint density at radius 1 is 1.20 bits per heavy atom. The van der Waals surface area contributed by atoms with Gasteiger partial charge in [-0.1, -0.05) is 34.6 Å². The summed E-state index contributed by atoms with van der Waals surface area (Å²) in [6.07, 6.45) is 1.81. The number of hydrogen-bond acceptors (Lipinski definition) is 1. The summed E-state index contributed by atoms with van der Waals surface area (Å²) < 4.78 is 0. The van der Waals surface area contributed by atoms with Gasteiger partial charge in [0, 0.05) is 22.7 Å². The number of pyridine rings is 1. The summed E-state index contributed by atoms with van der Waals surface area (Å²) in [5.74, 6) is 0. The molecule has 0 aliphatic rings. The van der Waals surface area contributed by atoms with Crippen molar-refractivity contribution in [3.63, 3.8) is 0 Å². The SMILES string of the molecule is CC.CC(C)(C)c1cc2cccnc2[nH]1. The normalized spacial score (nSPS) is 11.0. The van der Waals surface area contributed by atoms with Crippen LogP contribution in [-0.4, -0.2) is 9.97 Å². The van der Waals surface area contributed by atoms with E-state index in [9.17, 15) is 0 Å². The third-order valence-corrected chi connectivity index (χ3v) is 2.20. The summed E-state index contributed by atoms with van der Waals surface area (Å²) in [5, 5.41) is 1.19. The van der Waals surface area contributed by atoms with Gasteiger partial charge in [0.25, 0.3) is 0 Å². The first-order chi connectivity index (χ1) is 7.07. The molecule has 0 saturated carbocycles. The lowest BCUT2D eigenvalue weighted by molar-refractivity contribution is 0.574. The van der Waals surface area contributed by atoms with Crippen molar-refractivity contribution in [2.45, 2.75) is 40.0 Å². The van der Waals surface area contributed by atoms with Crippen LogP contribution in [0.4, 0.5) is 0 Å². The molecule has 0 bridgehead atoms. The van der Waals surface area contributed by atoms with Crippen molar-refractivity contribution in [2.75, 3.05) is 0 Å². The van der Waals surface area contributed by atoms with E-state index in [1.54, 1.807) is 0 Å². The topological polar surface area (TPSA) is 28.7 Å². The van der Waals surface area contributed by atoms with E-state index in [-0.39, 0.29) is 5.41 Å². The van der Waals surface area contributed by atoms with Gasteiger partial charge in [-0.25, -0.2) is 4.98 Å². The Balaban J connectivity index is 0.000000531. The van der Waals surface area contributed by atoms with Gasteiger partial charge in [0.15, 0.2) is 0 Å². The molecule has 1 N–H and O–H groups in total. The molecule has 82 valence electrons. The summed E-state index contributed by atoms with van der Waals surface area (Å²) in [6, 6.07) is 6.21. The van der Waals surface area contributed by atoms with Crippen LogP contribution in [0.3, 0.4) is 0 Å². The molecule has 2 heteroatoms. The number of rotatable bonds is 0. The highest BCUT2D eigenvalue weighted by Crippen LogP contribution is 2.24. The lowest BCUT2D eigenvalue weighted by Gasteiger charge is -2.15. The fourth-order valence-electron chi connectivity index (χ4n) is 1.36. The number of nitrogens with one attached hydrogen (secondary N) is 1. The number of H-pyrrole nitrogens is 1. The monoisotopic (exact) mass is 204 g/mol. The predicted octanol–water partition coefficient (Wildman–Crippen LogP) is 3.89. The Bertz CT molecular complexity index is 388. The van der Waals surface area contributed by atoms with Gasteiger partial charge in [-0.05, 0) is 18.2 Å². The lowest BCUT2D eigenvalue weighted by atomic mass is 9.92. The zero-order valence-corrected chi connectivity index (χ0v) is 10.3. The van der Waals surface area contributed by atoms with Gasteiger partial charge in [0.2, 0.25) is 0 Å². The Kier molecular flexibility index (Phi) is 3.51. The summed E-state index contributed by atoms with van der Waals surface area (Å²) in [4.78, 5) is 7.58. The van der Waals surface area contributed by atoms with Crippen LogP contribution in [0.25, 0.3) is 11.0 Å². The molecular weight excluding hydrogens is 184 g/mol. The van der Waals surface area contributed by atoms with Crippen LogP contribution in [0.15, 0.2) is 24.4 Å². The minimum Gasteiger partial charge on any atom is -0.343 e. The van der Waals surface area contributed by atoms with E-state index in [0.29, 0.717) is 0 Å². The molecule has 2 aromatic rings. The Hall–Kier alpha value is -1.31. The molecule has 0 saturated heterocycles. The van der Waals surface area contributed by atoms with Gasteiger partial charge in [0.05, 0.1) is 0 Å². The van der Waals surface area contributed by atoms with E-state index in [4.69, 9.17) is 0 Å². The molecule has 2 aromatic heterocycles. The van der Waals surface area contributed by atoms with E-state index in [0.717, 1.165) is 5.65 Å². The van der Waals surface area contributed by atoms with Gasteiger partial charge >= 0.3 is 0 Å². The highest BCUT2D eigenvalue weighted by molar-refractivity contribution is 5.76. The molecule has 0 amide bonds. The molecule has 2 nitrogen and oxygen atoms in total. The minimum absolute atomic E-state index is 0.167. The van der Waals surface area contributed by atoms with Crippen molar-refractivity contribution in [1.82, 2.24) is 9.97 Å². The molecule has 0 unspecified atom stereocenters. The van der Waals surface area contributed by atoms with Crippen LogP contribution in [0.2, 0.25) is 0 Å². The first kappa shape index (κ1) is 11.8. The van der Waals surface area contributed by atoms with Crippen molar-refractivity contribution in [2.24, 2.45) is 0 Å². The number of hydrogen-bond donors (Lipinski definition) is 1. The number of fused-ring (bicyclic) bond motifs is 1. The molecule has 2 rings (SSSR count). The smallest absolute Gasteiger partial charge is 0.137 e. The van der Waals surface area contributed by atoms with E-state index in [1.165, 1.54) is 11.1 Å². The van der Waals surface area contributed by atoms with Crippen LogP contribution < -0.4 is 0 Å². The van der Waals surface area contributed by atoms with Crippen molar-refractivity contribution in [1.29, 1.82) is 0 Å². The first-order valence-electron chi connectivity index (χ1n) is 5.51. The quantitative estimate of drug-likeness (QED) is 0.693. The van der Waals surface area contributed by atoms with Crippen LogP contribution in [0, 0.1) is 0 Å². The molecular formula is C13H20N2. The van der Waals surface area contributed by atoms with Crippen molar-refractivity contribution in [3.05, 3.63) is 30.1 Å². The zero-order valence-electron chi connectivity index (χ0n) is 10.3. The van der Waals surface area contributed by atoms with Crippen molar-refractivity contribution in [3.8, 4) is 0 Å². The lowest BCUT2D eigenvalue weighted by Crippen LogP contribution is -2.11. The number of aromatic amines is 1. The molecule has 0 spiro atoms. The summed E-state index contributed by atoms with van der Waals surface area (Å²) >= 11 is 0.